The van der Waals surface area contributed by atoms with Crippen LogP contribution in [0.25, 0.3) is 0 Å². The van der Waals surface area contributed by atoms with Crippen molar-refractivity contribution < 1.29 is 27.4 Å². The van der Waals surface area contributed by atoms with Gasteiger partial charge in [-0.1, -0.05) is 20.8 Å². The second kappa shape index (κ2) is 9.76. The molecule has 0 aromatic heterocycles. The van der Waals surface area contributed by atoms with Gasteiger partial charge in [-0.2, -0.15) is 13.2 Å². The Kier molecular flexibility index (Phi) is 7.73. The molecule has 3 nitrogen and oxygen atoms in total. The van der Waals surface area contributed by atoms with Crippen molar-refractivity contribution in [2.45, 2.75) is 116 Å². The van der Waals surface area contributed by atoms with Crippen molar-refractivity contribution in [2.75, 3.05) is 20.8 Å². The van der Waals surface area contributed by atoms with Gasteiger partial charge < -0.3 is 14.2 Å². The van der Waals surface area contributed by atoms with Crippen molar-refractivity contribution in [1.29, 1.82) is 0 Å². The molecule has 0 unspecified atom stereocenters. The Morgan fingerprint density at radius 2 is 1.54 bits per heavy atom. The van der Waals surface area contributed by atoms with Gasteiger partial charge in [-0.05, 0) is 118 Å². The van der Waals surface area contributed by atoms with Crippen LogP contribution in [-0.4, -0.2) is 44.8 Å². The zero-order chi connectivity index (χ0) is 25.8. The molecule has 4 aliphatic rings. The standard InChI is InChI=1S/C29H49F3O3/c1-18(2)35-17-25(33-6)19(3)22-10-11-23-21-9-8-20-16-28(34-7,29(30,31)32)15-14-26(20,4)24(21)12-13-27(22,23)5/h18-25H,8-17H2,1-7H3/t19-,20+,21-,22+,23-,24-,25+,26-,27+,28+/m0/s1. The largest absolute Gasteiger partial charge is 0.417 e. The van der Waals surface area contributed by atoms with E-state index in [4.69, 9.17) is 14.2 Å². The molecule has 0 aromatic carbocycles. The van der Waals surface area contributed by atoms with Crippen LogP contribution in [-0.2, 0) is 14.2 Å². The molecule has 4 aliphatic carbocycles. The lowest BCUT2D eigenvalue weighted by Crippen LogP contribution is -2.59. The van der Waals surface area contributed by atoms with Crippen molar-refractivity contribution >= 4 is 0 Å². The Morgan fingerprint density at radius 3 is 2.14 bits per heavy atom. The summed E-state index contributed by atoms with van der Waals surface area (Å²) in [5, 5.41) is 0. The van der Waals surface area contributed by atoms with Crippen molar-refractivity contribution in [1.82, 2.24) is 0 Å². The van der Waals surface area contributed by atoms with E-state index in [0.717, 1.165) is 19.3 Å². The fourth-order valence-corrected chi connectivity index (χ4v) is 9.67. The quantitative estimate of drug-likeness (QED) is 0.357. The first-order valence-electron chi connectivity index (χ1n) is 14.1. The second-order valence-electron chi connectivity index (χ2n) is 13.3. The number of halogens is 3. The van der Waals surface area contributed by atoms with E-state index in [2.05, 4.69) is 34.6 Å². The van der Waals surface area contributed by atoms with Crippen LogP contribution in [0.15, 0.2) is 0 Å². The molecule has 0 heterocycles. The molecule has 4 rings (SSSR count). The average molecular weight is 503 g/mol. The smallest absolute Gasteiger partial charge is 0.379 e. The van der Waals surface area contributed by atoms with E-state index < -0.39 is 11.8 Å². The van der Waals surface area contributed by atoms with Crippen LogP contribution in [0, 0.1) is 46.3 Å². The minimum Gasteiger partial charge on any atom is -0.379 e. The van der Waals surface area contributed by atoms with E-state index in [1.54, 1.807) is 0 Å². The first-order chi connectivity index (χ1) is 16.3. The van der Waals surface area contributed by atoms with Crippen molar-refractivity contribution in [3.63, 3.8) is 0 Å². The molecule has 35 heavy (non-hydrogen) atoms. The number of hydrogen-bond donors (Lipinski definition) is 0. The maximum absolute atomic E-state index is 14.0. The SMILES string of the molecule is CO[C@H](COC(C)C)[C@@H](C)[C@H]1CC[C@H]2[C@@H]3CC[C@@H]4C[C@@](OC)(C(F)(F)F)CC[C@]4(C)[C@H]3CC[C@]12C. The number of ether oxygens (including phenoxy) is 3. The van der Waals surface area contributed by atoms with Crippen molar-refractivity contribution in [3.8, 4) is 0 Å². The Hall–Kier alpha value is -0.330. The van der Waals surface area contributed by atoms with Crippen LogP contribution < -0.4 is 0 Å². The third-order valence-corrected chi connectivity index (χ3v) is 11.8. The zero-order valence-electron chi connectivity index (χ0n) is 23.0. The fraction of sp³-hybridized carbons (Fsp3) is 1.00. The van der Waals surface area contributed by atoms with Gasteiger partial charge >= 0.3 is 6.18 Å². The Bertz CT molecular complexity index is 741. The number of rotatable bonds is 7. The number of fused-ring (bicyclic) bond motifs is 5. The summed E-state index contributed by atoms with van der Waals surface area (Å²) in [6.07, 6.45) is 3.69. The van der Waals surface area contributed by atoms with Crippen LogP contribution in [0.1, 0.15) is 92.4 Å². The summed E-state index contributed by atoms with van der Waals surface area (Å²) in [4.78, 5) is 0. The van der Waals surface area contributed by atoms with Gasteiger partial charge in [0.2, 0.25) is 0 Å². The minimum absolute atomic E-state index is 0.00139. The summed E-state index contributed by atoms with van der Waals surface area (Å²) < 4.78 is 59.1. The van der Waals surface area contributed by atoms with E-state index in [1.807, 2.05) is 7.11 Å². The topological polar surface area (TPSA) is 27.7 Å². The average Bonchev–Trinajstić information content (AvgIpc) is 3.15. The summed E-state index contributed by atoms with van der Waals surface area (Å²) >= 11 is 0. The summed E-state index contributed by atoms with van der Waals surface area (Å²) in [5.74, 6) is 3.00. The van der Waals surface area contributed by atoms with Gasteiger partial charge in [0, 0.05) is 14.2 Å². The number of alkyl halides is 3. The first kappa shape index (κ1) is 27.7. The zero-order valence-corrected chi connectivity index (χ0v) is 23.0. The van der Waals surface area contributed by atoms with E-state index in [9.17, 15) is 13.2 Å². The summed E-state index contributed by atoms with van der Waals surface area (Å²) in [5.41, 5.74) is -1.66. The summed E-state index contributed by atoms with van der Waals surface area (Å²) in [7, 11) is 3.07. The van der Waals surface area contributed by atoms with E-state index in [1.165, 1.54) is 26.4 Å². The molecule has 0 amide bonds. The number of hydrogen-bond acceptors (Lipinski definition) is 3. The molecule has 10 atom stereocenters. The molecular weight excluding hydrogens is 453 g/mol. The van der Waals surface area contributed by atoms with Crippen LogP contribution in [0.5, 0.6) is 0 Å². The first-order valence-corrected chi connectivity index (χ1v) is 14.1. The molecule has 0 aromatic rings. The van der Waals surface area contributed by atoms with E-state index in [-0.39, 0.29) is 41.8 Å². The second-order valence-corrected chi connectivity index (χ2v) is 13.3. The highest BCUT2D eigenvalue weighted by Crippen LogP contribution is 2.69. The Labute approximate surface area is 211 Å². The Morgan fingerprint density at radius 1 is 0.857 bits per heavy atom. The highest BCUT2D eigenvalue weighted by Gasteiger charge is 2.66. The molecular formula is C29H49F3O3. The molecule has 4 fully saturated rings. The lowest BCUT2D eigenvalue weighted by molar-refractivity contribution is -0.299. The van der Waals surface area contributed by atoms with Gasteiger partial charge in [-0.15, -0.1) is 0 Å². The molecule has 6 heteroatoms. The van der Waals surface area contributed by atoms with Crippen LogP contribution in [0.2, 0.25) is 0 Å². The van der Waals surface area contributed by atoms with Gasteiger partial charge in [0.25, 0.3) is 0 Å². The van der Waals surface area contributed by atoms with E-state index in [0.29, 0.717) is 42.6 Å². The Balaban J connectivity index is 1.51. The third-order valence-electron chi connectivity index (χ3n) is 11.8. The summed E-state index contributed by atoms with van der Waals surface area (Å²) in [6.45, 7) is 12.0. The molecule has 204 valence electrons. The van der Waals surface area contributed by atoms with Crippen molar-refractivity contribution in [3.05, 3.63) is 0 Å². The predicted molar refractivity (Wildman–Crippen MR) is 132 cm³/mol. The van der Waals surface area contributed by atoms with Crippen LogP contribution >= 0.6 is 0 Å². The lowest BCUT2D eigenvalue weighted by atomic mass is 9.43. The maximum atomic E-state index is 14.0. The molecule has 0 radical (unpaired) electrons. The molecule has 0 N–H and O–H groups in total. The maximum Gasteiger partial charge on any atom is 0.417 e. The monoisotopic (exact) mass is 502 g/mol. The highest BCUT2D eigenvalue weighted by molar-refractivity contribution is 5.12. The molecule has 4 saturated carbocycles. The van der Waals surface area contributed by atoms with Gasteiger partial charge in [-0.25, -0.2) is 0 Å². The van der Waals surface area contributed by atoms with E-state index >= 15 is 0 Å². The predicted octanol–water partition coefficient (Wildman–Crippen LogP) is 7.67. The van der Waals surface area contributed by atoms with Gasteiger partial charge in [-0.3, -0.25) is 0 Å². The number of methoxy groups -OCH3 is 2. The normalized spacial score (nSPS) is 45.5. The van der Waals surface area contributed by atoms with Crippen molar-refractivity contribution in [2.24, 2.45) is 46.3 Å². The molecule has 0 spiro atoms. The molecule has 0 saturated heterocycles. The third kappa shape index (κ3) is 4.50. The van der Waals surface area contributed by atoms with Crippen LogP contribution in [0.3, 0.4) is 0 Å². The van der Waals surface area contributed by atoms with Gasteiger partial charge in [0.05, 0.1) is 18.8 Å². The van der Waals surface area contributed by atoms with Gasteiger partial charge in [0.15, 0.2) is 5.60 Å². The molecule has 0 aliphatic heterocycles. The van der Waals surface area contributed by atoms with Crippen LogP contribution in [0.4, 0.5) is 13.2 Å². The lowest BCUT2D eigenvalue weighted by Gasteiger charge is -2.62. The molecule has 0 bridgehead atoms. The summed E-state index contributed by atoms with van der Waals surface area (Å²) in [6, 6.07) is 0. The highest BCUT2D eigenvalue weighted by atomic mass is 19.4. The fourth-order valence-electron chi connectivity index (χ4n) is 9.67. The van der Waals surface area contributed by atoms with Gasteiger partial charge in [0.1, 0.15) is 0 Å². The minimum atomic E-state index is -4.29.